The van der Waals surface area contributed by atoms with Crippen molar-refractivity contribution in [3.8, 4) is 0 Å². The summed E-state index contributed by atoms with van der Waals surface area (Å²) >= 11 is 0. The van der Waals surface area contributed by atoms with Crippen molar-refractivity contribution in [1.29, 1.82) is 0 Å². The topological polar surface area (TPSA) is 66.8 Å². The summed E-state index contributed by atoms with van der Waals surface area (Å²) in [6, 6.07) is 18.1. The van der Waals surface area contributed by atoms with Gasteiger partial charge in [0.15, 0.2) is 0 Å². The Morgan fingerprint density at radius 2 is 1.79 bits per heavy atom. The van der Waals surface area contributed by atoms with E-state index in [2.05, 4.69) is 36.0 Å². The molecule has 2 heterocycles. The quantitative estimate of drug-likeness (QED) is 0.367. The van der Waals surface area contributed by atoms with E-state index in [4.69, 9.17) is 4.74 Å². The van der Waals surface area contributed by atoms with Crippen LogP contribution in [0.5, 0.6) is 0 Å². The van der Waals surface area contributed by atoms with Crippen LogP contribution in [0, 0.1) is 11.8 Å². The van der Waals surface area contributed by atoms with Gasteiger partial charge in [0, 0.05) is 76.8 Å². The number of carbonyl (C=O) groups is 2. The number of aromatic nitrogens is 1. The molecule has 0 spiro atoms. The normalized spacial score (nSPS) is 17.3. The lowest BCUT2D eigenvalue weighted by Crippen LogP contribution is -2.44. The van der Waals surface area contributed by atoms with Crippen molar-refractivity contribution in [3.63, 3.8) is 0 Å². The Balaban J connectivity index is 1.42. The van der Waals surface area contributed by atoms with Gasteiger partial charge in [-0.2, -0.15) is 0 Å². The standard InChI is InChI=1S/C31H42N4O3/c1-23(2)35(31(37)26-12-11-25-13-15-34(29(25)18-26)14-8-16-38-4)22-28-20-32-19-27(28)21-33(3)30(36)17-24-9-6-5-7-10-24/h5-7,9-13,15,18,23,27-28,32H,8,14,16-17,19-22H2,1-4H3/t27-,28-/m0/s1. The third-order valence-corrected chi connectivity index (χ3v) is 7.70. The average Bonchev–Trinajstić information content (AvgIpc) is 3.53. The van der Waals surface area contributed by atoms with Crippen LogP contribution in [-0.4, -0.2) is 79.2 Å². The van der Waals surface area contributed by atoms with Gasteiger partial charge in [0.05, 0.1) is 6.42 Å². The summed E-state index contributed by atoms with van der Waals surface area (Å²) < 4.78 is 7.41. The summed E-state index contributed by atoms with van der Waals surface area (Å²) in [5.41, 5.74) is 2.83. The Labute approximate surface area is 226 Å². The molecule has 0 aliphatic carbocycles. The maximum atomic E-state index is 13.8. The molecule has 0 unspecified atom stereocenters. The third kappa shape index (κ3) is 6.83. The number of nitrogens with zero attached hydrogens (tertiary/aromatic N) is 3. The zero-order valence-corrected chi connectivity index (χ0v) is 23.2. The van der Waals surface area contributed by atoms with Crippen molar-refractivity contribution >= 4 is 22.7 Å². The highest BCUT2D eigenvalue weighted by atomic mass is 16.5. The monoisotopic (exact) mass is 518 g/mol. The number of hydrogen-bond acceptors (Lipinski definition) is 4. The number of benzene rings is 2. The molecule has 1 aromatic heterocycles. The van der Waals surface area contributed by atoms with E-state index in [0.29, 0.717) is 32.0 Å². The van der Waals surface area contributed by atoms with E-state index in [0.717, 1.165) is 48.1 Å². The Morgan fingerprint density at radius 1 is 1.05 bits per heavy atom. The highest BCUT2D eigenvalue weighted by Crippen LogP contribution is 2.24. The maximum absolute atomic E-state index is 13.8. The predicted molar refractivity (Wildman–Crippen MR) is 152 cm³/mol. The van der Waals surface area contributed by atoms with Crippen molar-refractivity contribution in [2.45, 2.75) is 39.3 Å². The van der Waals surface area contributed by atoms with Crippen molar-refractivity contribution in [2.24, 2.45) is 11.8 Å². The summed E-state index contributed by atoms with van der Waals surface area (Å²) in [7, 11) is 3.61. The summed E-state index contributed by atoms with van der Waals surface area (Å²) in [6.07, 6.45) is 3.42. The lowest BCUT2D eigenvalue weighted by atomic mass is 9.94. The van der Waals surface area contributed by atoms with E-state index < -0.39 is 0 Å². The first-order chi connectivity index (χ1) is 18.4. The van der Waals surface area contributed by atoms with Gasteiger partial charge in [0.2, 0.25) is 5.91 Å². The maximum Gasteiger partial charge on any atom is 0.254 e. The fraction of sp³-hybridized carbons (Fsp3) is 0.484. The molecule has 4 rings (SSSR count). The molecule has 1 N–H and O–H groups in total. The fourth-order valence-electron chi connectivity index (χ4n) is 5.41. The second-order valence-corrected chi connectivity index (χ2v) is 10.8. The first-order valence-electron chi connectivity index (χ1n) is 13.7. The molecule has 2 atom stereocenters. The molecule has 204 valence electrons. The van der Waals surface area contributed by atoms with Gasteiger partial charge < -0.3 is 24.4 Å². The molecule has 1 fully saturated rings. The van der Waals surface area contributed by atoms with Crippen LogP contribution < -0.4 is 5.32 Å². The number of fused-ring (bicyclic) bond motifs is 1. The van der Waals surface area contributed by atoms with Crippen LogP contribution in [0.3, 0.4) is 0 Å². The van der Waals surface area contributed by atoms with Gasteiger partial charge in [-0.3, -0.25) is 9.59 Å². The lowest BCUT2D eigenvalue weighted by Gasteiger charge is -2.33. The number of carbonyl (C=O) groups excluding carboxylic acids is 2. The Morgan fingerprint density at radius 3 is 2.50 bits per heavy atom. The van der Waals surface area contributed by atoms with Crippen LogP contribution >= 0.6 is 0 Å². The van der Waals surface area contributed by atoms with Crippen molar-refractivity contribution in [1.82, 2.24) is 19.7 Å². The molecular formula is C31H42N4O3. The van der Waals surface area contributed by atoms with Gasteiger partial charge in [-0.1, -0.05) is 36.4 Å². The zero-order chi connectivity index (χ0) is 27.1. The van der Waals surface area contributed by atoms with E-state index in [1.807, 2.05) is 65.4 Å². The molecule has 2 aromatic carbocycles. The van der Waals surface area contributed by atoms with Gasteiger partial charge in [-0.05, 0) is 61.3 Å². The number of aryl methyl sites for hydroxylation is 1. The summed E-state index contributed by atoms with van der Waals surface area (Å²) in [4.78, 5) is 30.5. The fourth-order valence-corrected chi connectivity index (χ4v) is 5.41. The van der Waals surface area contributed by atoms with Gasteiger partial charge >= 0.3 is 0 Å². The van der Waals surface area contributed by atoms with Crippen molar-refractivity contribution in [2.75, 3.05) is 46.9 Å². The third-order valence-electron chi connectivity index (χ3n) is 7.70. The van der Waals surface area contributed by atoms with Crippen LogP contribution in [-0.2, 0) is 22.5 Å². The first kappa shape index (κ1) is 27.9. The van der Waals surface area contributed by atoms with Crippen LogP contribution in [0.15, 0.2) is 60.8 Å². The second kappa shape index (κ2) is 13.1. The molecule has 0 bridgehead atoms. The molecule has 1 saturated heterocycles. The van der Waals surface area contributed by atoms with E-state index in [9.17, 15) is 9.59 Å². The molecule has 7 heteroatoms. The molecule has 0 saturated carbocycles. The average molecular weight is 519 g/mol. The van der Waals surface area contributed by atoms with Gasteiger partial charge in [-0.25, -0.2) is 0 Å². The molecule has 1 aliphatic rings. The Kier molecular flexibility index (Phi) is 9.58. The lowest BCUT2D eigenvalue weighted by molar-refractivity contribution is -0.129. The van der Waals surface area contributed by atoms with E-state index in [-0.39, 0.29) is 23.8 Å². The molecule has 38 heavy (non-hydrogen) atoms. The van der Waals surface area contributed by atoms with E-state index >= 15 is 0 Å². The SMILES string of the molecule is COCCCn1ccc2ccc(C(=O)N(C[C@@H]3CNC[C@H]3CN(C)C(=O)Cc3ccccc3)C(C)C)cc21. The van der Waals surface area contributed by atoms with Crippen LogP contribution in [0.4, 0.5) is 0 Å². The number of rotatable bonds is 12. The predicted octanol–water partition coefficient (Wildman–Crippen LogP) is 4.07. The van der Waals surface area contributed by atoms with Gasteiger partial charge in [-0.15, -0.1) is 0 Å². The number of amides is 2. The van der Waals surface area contributed by atoms with Crippen LogP contribution in [0.25, 0.3) is 10.9 Å². The van der Waals surface area contributed by atoms with Gasteiger partial charge in [0.1, 0.15) is 0 Å². The Hall–Kier alpha value is -3.16. The zero-order valence-electron chi connectivity index (χ0n) is 23.2. The number of nitrogens with one attached hydrogen (secondary N) is 1. The minimum Gasteiger partial charge on any atom is -0.385 e. The summed E-state index contributed by atoms with van der Waals surface area (Å²) in [5.74, 6) is 0.773. The second-order valence-electron chi connectivity index (χ2n) is 10.8. The van der Waals surface area contributed by atoms with Crippen LogP contribution in [0.2, 0.25) is 0 Å². The Bertz CT molecular complexity index is 1210. The molecule has 2 amide bonds. The van der Waals surface area contributed by atoms with Crippen molar-refractivity contribution < 1.29 is 14.3 Å². The highest BCUT2D eigenvalue weighted by molar-refractivity contribution is 5.98. The minimum atomic E-state index is 0.0608. The minimum absolute atomic E-state index is 0.0608. The number of ether oxygens (including phenoxy) is 1. The summed E-state index contributed by atoms with van der Waals surface area (Å²) in [6.45, 7) is 8.79. The molecule has 7 nitrogen and oxygen atoms in total. The van der Waals surface area contributed by atoms with E-state index in [1.54, 1.807) is 7.11 Å². The molecule has 0 radical (unpaired) electrons. The summed E-state index contributed by atoms with van der Waals surface area (Å²) in [5, 5.41) is 4.64. The molecule has 3 aromatic rings. The first-order valence-corrected chi connectivity index (χ1v) is 13.7. The molecule has 1 aliphatic heterocycles. The smallest absolute Gasteiger partial charge is 0.254 e. The number of likely N-dealkylation sites (N-methyl/N-ethyl adjacent to an activating group) is 1. The van der Waals surface area contributed by atoms with Crippen LogP contribution in [0.1, 0.15) is 36.2 Å². The van der Waals surface area contributed by atoms with Gasteiger partial charge in [0.25, 0.3) is 5.91 Å². The molecular weight excluding hydrogens is 476 g/mol. The number of methoxy groups -OCH3 is 1. The van der Waals surface area contributed by atoms with Crippen molar-refractivity contribution in [3.05, 3.63) is 71.9 Å². The van der Waals surface area contributed by atoms with E-state index in [1.165, 1.54) is 0 Å². The highest BCUT2D eigenvalue weighted by Gasteiger charge is 2.33. The largest absolute Gasteiger partial charge is 0.385 e. The number of hydrogen-bond donors (Lipinski definition) is 1.